The maximum atomic E-state index is 10.6. The lowest BCUT2D eigenvalue weighted by Gasteiger charge is -2.13. The van der Waals surface area contributed by atoms with E-state index in [1.807, 2.05) is 54.6 Å². The number of aromatic nitrogens is 3. The number of aliphatic hydroxyl groups is 1. The molecule has 0 aliphatic heterocycles. The van der Waals surface area contributed by atoms with Crippen molar-refractivity contribution in [2.75, 3.05) is 7.11 Å². The molecule has 1 aromatic heterocycles. The molecule has 2 N–H and O–H groups in total. The molecule has 2 aromatic carbocycles. The predicted octanol–water partition coefficient (Wildman–Crippen LogP) is 3.02. The standard InChI is InChI=1S/C16H15N3O2S/c1-21-13-9-7-12(8-10-13)19-15(17-18-16(19)22)14(20)11-5-3-2-4-6-11/h2-10,14,20H,1H3,(H,18,22). The van der Waals surface area contributed by atoms with E-state index in [4.69, 9.17) is 17.0 Å². The van der Waals surface area contributed by atoms with E-state index in [1.165, 1.54) is 0 Å². The van der Waals surface area contributed by atoms with Crippen LogP contribution in [0.5, 0.6) is 5.75 Å². The lowest BCUT2D eigenvalue weighted by Crippen LogP contribution is -2.09. The lowest BCUT2D eigenvalue weighted by atomic mass is 10.1. The average molecular weight is 313 g/mol. The average Bonchev–Trinajstić information content (AvgIpc) is 2.96. The zero-order chi connectivity index (χ0) is 15.5. The number of H-pyrrole nitrogens is 1. The number of hydrogen-bond donors (Lipinski definition) is 2. The zero-order valence-electron chi connectivity index (χ0n) is 11.9. The Labute approximate surface area is 132 Å². The van der Waals surface area contributed by atoms with Gasteiger partial charge in [0.25, 0.3) is 0 Å². The van der Waals surface area contributed by atoms with E-state index in [2.05, 4.69) is 10.2 Å². The fourth-order valence-corrected chi connectivity index (χ4v) is 2.50. The van der Waals surface area contributed by atoms with E-state index in [-0.39, 0.29) is 0 Å². The minimum absolute atomic E-state index is 0.426. The van der Waals surface area contributed by atoms with Gasteiger partial charge in [-0.3, -0.25) is 9.67 Å². The van der Waals surface area contributed by atoms with Crippen molar-refractivity contribution in [2.24, 2.45) is 0 Å². The molecular formula is C16H15N3O2S. The van der Waals surface area contributed by atoms with Gasteiger partial charge in [0.2, 0.25) is 0 Å². The van der Waals surface area contributed by atoms with Crippen LogP contribution in [0, 0.1) is 4.77 Å². The van der Waals surface area contributed by atoms with Crippen LogP contribution in [0.25, 0.3) is 5.69 Å². The highest BCUT2D eigenvalue weighted by Crippen LogP contribution is 2.24. The van der Waals surface area contributed by atoms with Crippen LogP contribution in [0.15, 0.2) is 54.6 Å². The van der Waals surface area contributed by atoms with Gasteiger partial charge in [0.15, 0.2) is 10.6 Å². The summed E-state index contributed by atoms with van der Waals surface area (Å²) in [5.74, 6) is 1.20. The molecule has 1 heterocycles. The molecular weight excluding hydrogens is 298 g/mol. The third-order valence-corrected chi connectivity index (χ3v) is 3.66. The first-order valence-electron chi connectivity index (χ1n) is 6.75. The topological polar surface area (TPSA) is 63.1 Å². The molecule has 3 rings (SSSR count). The van der Waals surface area contributed by atoms with Gasteiger partial charge in [-0.1, -0.05) is 30.3 Å². The first-order chi connectivity index (χ1) is 10.7. The Kier molecular flexibility index (Phi) is 4.04. The monoisotopic (exact) mass is 313 g/mol. The molecule has 0 saturated heterocycles. The Morgan fingerprint density at radius 1 is 1.14 bits per heavy atom. The quantitative estimate of drug-likeness (QED) is 0.727. The summed E-state index contributed by atoms with van der Waals surface area (Å²) in [4.78, 5) is 0. The van der Waals surface area contributed by atoms with E-state index >= 15 is 0 Å². The van der Waals surface area contributed by atoms with Crippen molar-refractivity contribution < 1.29 is 9.84 Å². The minimum atomic E-state index is -0.865. The summed E-state index contributed by atoms with van der Waals surface area (Å²) < 4.78 is 7.30. The van der Waals surface area contributed by atoms with Gasteiger partial charge in [0.05, 0.1) is 12.8 Å². The van der Waals surface area contributed by atoms with Crippen LogP contribution < -0.4 is 4.74 Å². The van der Waals surface area contributed by atoms with E-state index in [0.717, 1.165) is 17.0 Å². The number of nitrogens with one attached hydrogen (secondary N) is 1. The second kappa shape index (κ2) is 6.13. The van der Waals surface area contributed by atoms with Crippen LogP contribution in [0.1, 0.15) is 17.5 Å². The van der Waals surface area contributed by atoms with Gasteiger partial charge < -0.3 is 9.84 Å². The number of nitrogens with zero attached hydrogens (tertiary/aromatic N) is 2. The zero-order valence-corrected chi connectivity index (χ0v) is 12.7. The van der Waals surface area contributed by atoms with Crippen LogP contribution in [0.2, 0.25) is 0 Å². The molecule has 0 bridgehead atoms. The van der Waals surface area contributed by atoms with Crippen molar-refractivity contribution in [1.82, 2.24) is 14.8 Å². The molecule has 0 radical (unpaired) electrons. The Bertz CT molecular complexity index is 809. The number of aliphatic hydroxyl groups excluding tert-OH is 1. The van der Waals surface area contributed by atoms with Crippen molar-refractivity contribution in [3.8, 4) is 11.4 Å². The Hall–Kier alpha value is -2.44. The summed E-state index contributed by atoms with van der Waals surface area (Å²) in [7, 11) is 1.61. The second-order valence-corrected chi connectivity index (χ2v) is 5.12. The highest BCUT2D eigenvalue weighted by Gasteiger charge is 2.18. The highest BCUT2D eigenvalue weighted by atomic mass is 32.1. The van der Waals surface area contributed by atoms with Gasteiger partial charge in [-0.25, -0.2) is 0 Å². The normalized spacial score (nSPS) is 12.1. The number of rotatable bonds is 4. The van der Waals surface area contributed by atoms with Crippen molar-refractivity contribution >= 4 is 12.2 Å². The Morgan fingerprint density at radius 2 is 1.82 bits per heavy atom. The van der Waals surface area contributed by atoms with Crippen molar-refractivity contribution in [3.05, 3.63) is 70.8 Å². The first-order valence-corrected chi connectivity index (χ1v) is 7.16. The molecule has 22 heavy (non-hydrogen) atoms. The Morgan fingerprint density at radius 3 is 2.45 bits per heavy atom. The molecule has 3 aromatic rings. The van der Waals surface area contributed by atoms with Crippen molar-refractivity contribution in [1.29, 1.82) is 0 Å². The van der Waals surface area contributed by atoms with E-state index in [1.54, 1.807) is 11.7 Å². The fourth-order valence-electron chi connectivity index (χ4n) is 2.26. The van der Waals surface area contributed by atoms with Gasteiger partial charge in [0.1, 0.15) is 11.9 Å². The minimum Gasteiger partial charge on any atom is -0.497 e. The largest absolute Gasteiger partial charge is 0.497 e. The third kappa shape index (κ3) is 2.66. The molecule has 0 saturated carbocycles. The SMILES string of the molecule is COc1ccc(-n2c(C(O)c3ccccc3)n[nH]c2=S)cc1. The van der Waals surface area contributed by atoms with Crippen LogP contribution in [0.4, 0.5) is 0 Å². The van der Waals surface area contributed by atoms with Crippen LogP contribution in [-0.2, 0) is 0 Å². The summed E-state index contributed by atoms with van der Waals surface area (Å²) in [6, 6.07) is 16.7. The molecule has 6 heteroatoms. The number of hydrogen-bond acceptors (Lipinski definition) is 4. The maximum Gasteiger partial charge on any atom is 0.199 e. The van der Waals surface area contributed by atoms with E-state index in [0.29, 0.717) is 10.6 Å². The molecule has 0 amide bonds. The third-order valence-electron chi connectivity index (χ3n) is 3.39. The molecule has 0 aliphatic carbocycles. The molecule has 0 fully saturated rings. The van der Waals surface area contributed by atoms with Crippen LogP contribution in [0.3, 0.4) is 0 Å². The number of aromatic amines is 1. The molecule has 5 nitrogen and oxygen atoms in total. The molecule has 1 atom stereocenters. The van der Waals surface area contributed by atoms with Crippen molar-refractivity contribution in [3.63, 3.8) is 0 Å². The number of ether oxygens (including phenoxy) is 1. The summed E-state index contributed by atoms with van der Waals surface area (Å²) in [5.41, 5.74) is 1.57. The highest BCUT2D eigenvalue weighted by molar-refractivity contribution is 7.71. The van der Waals surface area contributed by atoms with Crippen LogP contribution >= 0.6 is 12.2 Å². The van der Waals surface area contributed by atoms with Crippen molar-refractivity contribution in [2.45, 2.75) is 6.10 Å². The van der Waals surface area contributed by atoms with Gasteiger partial charge >= 0.3 is 0 Å². The second-order valence-electron chi connectivity index (χ2n) is 4.73. The maximum absolute atomic E-state index is 10.6. The molecule has 0 spiro atoms. The number of benzene rings is 2. The van der Waals surface area contributed by atoms with E-state index < -0.39 is 6.10 Å². The Balaban J connectivity index is 2.05. The molecule has 0 aliphatic rings. The van der Waals surface area contributed by atoms with E-state index in [9.17, 15) is 5.11 Å². The lowest BCUT2D eigenvalue weighted by molar-refractivity contribution is 0.207. The smallest absolute Gasteiger partial charge is 0.199 e. The van der Waals surface area contributed by atoms with Gasteiger partial charge in [-0.15, -0.1) is 0 Å². The van der Waals surface area contributed by atoms with Gasteiger partial charge in [-0.2, -0.15) is 5.10 Å². The van der Waals surface area contributed by atoms with Gasteiger partial charge in [0, 0.05) is 0 Å². The summed E-state index contributed by atoms with van der Waals surface area (Å²) in [6.45, 7) is 0. The summed E-state index contributed by atoms with van der Waals surface area (Å²) >= 11 is 5.29. The molecule has 1 unspecified atom stereocenters. The predicted molar refractivity (Wildman–Crippen MR) is 85.8 cm³/mol. The fraction of sp³-hybridized carbons (Fsp3) is 0.125. The van der Waals surface area contributed by atoms with Crippen LogP contribution in [-0.4, -0.2) is 27.0 Å². The summed E-state index contributed by atoms with van der Waals surface area (Å²) in [6.07, 6.45) is -0.865. The van der Waals surface area contributed by atoms with Gasteiger partial charge in [-0.05, 0) is 42.0 Å². The summed E-state index contributed by atoms with van der Waals surface area (Å²) in [5, 5.41) is 17.5. The number of methoxy groups -OCH3 is 1. The first kappa shape index (κ1) is 14.5. The molecule has 112 valence electrons.